The summed E-state index contributed by atoms with van der Waals surface area (Å²) in [6.07, 6.45) is -2.84. The highest BCUT2D eigenvalue weighted by molar-refractivity contribution is 6.30. The third-order valence-electron chi connectivity index (χ3n) is 4.69. The molecule has 1 aromatic heterocycles. The van der Waals surface area contributed by atoms with Crippen LogP contribution in [0.3, 0.4) is 0 Å². The molecule has 1 aliphatic rings. The lowest BCUT2D eigenvalue weighted by atomic mass is 9.98. The lowest BCUT2D eigenvalue weighted by Crippen LogP contribution is -2.34. The van der Waals surface area contributed by atoms with E-state index in [9.17, 15) is 27.5 Å². The van der Waals surface area contributed by atoms with Crippen LogP contribution in [0.25, 0.3) is 0 Å². The number of rotatable bonds is 4. The number of aliphatic hydroxyl groups excluding tert-OH is 1. The van der Waals surface area contributed by atoms with Gasteiger partial charge in [0.1, 0.15) is 5.82 Å². The molecule has 1 amide bonds. The average Bonchev–Trinajstić information content (AvgIpc) is 3.06. The number of amides is 1. The maximum Gasteiger partial charge on any atom is 0.416 e. The number of hydrogen-bond donors (Lipinski definition) is 2. The number of carbonyl (C=O) groups excluding carboxylic acids is 1. The van der Waals surface area contributed by atoms with Gasteiger partial charge in [0.05, 0.1) is 28.4 Å². The van der Waals surface area contributed by atoms with E-state index in [1.807, 2.05) is 0 Å². The van der Waals surface area contributed by atoms with E-state index in [1.165, 1.54) is 18.3 Å². The molecular formula is C19H17ClF4N2O2. The molecular weight excluding hydrogens is 400 g/mol. The van der Waals surface area contributed by atoms with E-state index >= 15 is 0 Å². The Morgan fingerprint density at radius 2 is 2.00 bits per heavy atom. The van der Waals surface area contributed by atoms with Gasteiger partial charge in [-0.25, -0.2) is 4.39 Å². The molecule has 0 spiro atoms. The van der Waals surface area contributed by atoms with Gasteiger partial charge in [0.25, 0.3) is 0 Å². The average molecular weight is 417 g/mol. The lowest BCUT2D eigenvalue weighted by molar-refractivity contribution is -0.137. The number of aliphatic hydroxyl groups is 1. The number of carbonyl (C=O) groups is 1. The minimum absolute atomic E-state index is 0.0888. The predicted molar refractivity (Wildman–Crippen MR) is 94.0 cm³/mol. The van der Waals surface area contributed by atoms with E-state index in [0.717, 1.165) is 12.1 Å². The van der Waals surface area contributed by atoms with Gasteiger partial charge in [-0.15, -0.1) is 0 Å². The van der Waals surface area contributed by atoms with Gasteiger partial charge in [-0.05, 0) is 55.2 Å². The Labute approximate surface area is 163 Å². The Bertz CT molecular complexity index is 858. The summed E-state index contributed by atoms with van der Waals surface area (Å²) in [6.45, 7) is 0. The fourth-order valence-corrected chi connectivity index (χ4v) is 3.40. The molecule has 3 atom stereocenters. The molecule has 0 radical (unpaired) electrons. The van der Waals surface area contributed by atoms with Gasteiger partial charge in [-0.3, -0.25) is 9.78 Å². The van der Waals surface area contributed by atoms with Crippen molar-refractivity contribution >= 4 is 17.5 Å². The van der Waals surface area contributed by atoms with Gasteiger partial charge < -0.3 is 10.4 Å². The SMILES string of the molecule is O=C(N[C@@H](c1cc(F)cc(C(F)(F)F)c1)c1ccc(Cl)cn1)C1CCC(O)C1. The fourth-order valence-electron chi connectivity index (χ4n) is 3.28. The Morgan fingerprint density at radius 1 is 1.25 bits per heavy atom. The van der Waals surface area contributed by atoms with Gasteiger partial charge in [0, 0.05) is 12.1 Å². The maximum absolute atomic E-state index is 13.9. The molecule has 1 saturated carbocycles. The number of benzene rings is 1. The van der Waals surface area contributed by atoms with Crippen LogP contribution >= 0.6 is 11.6 Å². The number of hydrogen-bond acceptors (Lipinski definition) is 3. The van der Waals surface area contributed by atoms with E-state index in [1.54, 1.807) is 0 Å². The largest absolute Gasteiger partial charge is 0.416 e. The van der Waals surface area contributed by atoms with Crippen molar-refractivity contribution in [1.29, 1.82) is 0 Å². The van der Waals surface area contributed by atoms with Crippen LogP contribution in [0.4, 0.5) is 17.6 Å². The molecule has 2 N–H and O–H groups in total. The summed E-state index contributed by atoms with van der Waals surface area (Å²) < 4.78 is 53.2. The van der Waals surface area contributed by atoms with Crippen molar-refractivity contribution in [2.75, 3.05) is 0 Å². The van der Waals surface area contributed by atoms with Gasteiger partial charge in [-0.1, -0.05) is 11.6 Å². The monoisotopic (exact) mass is 416 g/mol. The number of alkyl halides is 3. The van der Waals surface area contributed by atoms with Crippen LogP contribution in [0.15, 0.2) is 36.5 Å². The van der Waals surface area contributed by atoms with Gasteiger partial charge >= 0.3 is 6.18 Å². The molecule has 3 rings (SSSR count). The van der Waals surface area contributed by atoms with Crippen LogP contribution < -0.4 is 5.32 Å². The van der Waals surface area contributed by atoms with Crippen molar-refractivity contribution in [3.8, 4) is 0 Å². The first kappa shape index (κ1) is 20.5. The van der Waals surface area contributed by atoms with Crippen LogP contribution in [-0.4, -0.2) is 22.1 Å². The number of pyridine rings is 1. The summed E-state index contributed by atoms with van der Waals surface area (Å²) in [7, 11) is 0. The molecule has 0 aliphatic heterocycles. The second kappa shape index (κ2) is 8.05. The Hall–Kier alpha value is -2.19. The van der Waals surface area contributed by atoms with Gasteiger partial charge in [-0.2, -0.15) is 13.2 Å². The Kier molecular flexibility index (Phi) is 5.90. The molecule has 1 fully saturated rings. The number of nitrogens with one attached hydrogen (secondary N) is 1. The molecule has 2 unspecified atom stereocenters. The van der Waals surface area contributed by atoms with Crippen molar-refractivity contribution < 1.29 is 27.5 Å². The molecule has 1 aromatic carbocycles. The van der Waals surface area contributed by atoms with Crippen LogP contribution in [0, 0.1) is 11.7 Å². The third-order valence-corrected chi connectivity index (χ3v) is 4.91. The highest BCUT2D eigenvalue weighted by Gasteiger charge is 2.34. The third kappa shape index (κ3) is 4.80. The Morgan fingerprint density at radius 3 is 2.57 bits per heavy atom. The zero-order valence-electron chi connectivity index (χ0n) is 14.5. The number of aromatic nitrogens is 1. The first-order valence-corrected chi connectivity index (χ1v) is 8.99. The first-order valence-electron chi connectivity index (χ1n) is 8.61. The van der Waals surface area contributed by atoms with E-state index in [4.69, 9.17) is 11.6 Å². The Balaban J connectivity index is 1.98. The summed E-state index contributed by atoms with van der Waals surface area (Å²) in [5, 5.41) is 12.6. The maximum atomic E-state index is 13.9. The quantitative estimate of drug-likeness (QED) is 0.732. The number of nitrogens with zero attached hydrogens (tertiary/aromatic N) is 1. The molecule has 4 nitrogen and oxygen atoms in total. The zero-order valence-corrected chi connectivity index (χ0v) is 15.3. The summed E-state index contributed by atoms with van der Waals surface area (Å²) in [5.41, 5.74) is -1.03. The molecule has 1 aliphatic carbocycles. The summed E-state index contributed by atoms with van der Waals surface area (Å²) >= 11 is 5.81. The molecule has 2 aromatic rings. The van der Waals surface area contributed by atoms with Crippen LogP contribution in [0.2, 0.25) is 5.02 Å². The minimum Gasteiger partial charge on any atom is -0.393 e. The minimum atomic E-state index is -4.74. The van der Waals surface area contributed by atoms with Crippen molar-refractivity contribution in [2.24, 2.45) is 5.92 Å². The molecule has 0 bridgehead atoms. The van der Waals surface area contributed by atoms with Crippen molar-refractivity contribution in [1.82, 2.24) is 10.3 Å². The molecule has 9 heteroatoms. The fraction of sp³-hybridized carbons (Fsp3) is 0.368. The lowest BCUT2D eigenvalue weighted by Gasteiger charge is -2.22. The predicted octanol–water partition coefficient (Wildman–Crippen LogP) is 4.26. The topological polar surface area (TPSA) is 62.2 Å². The van der Waals surface area contributed by atoms with Crippen LogP contribution in [0.1, 0.15) is 42.1 Å². The van der Waals surface area contributed by atoms with Crippen molar-refractivity contribution in [2.45, 2.75) is 37.6 Å². The van der Waals surface area contributed by atoms with E-state index in [0.29, 0.717) is 23.9 Å². The van der Waals surface area contributed by atoms with Gasteiger partial charge in [0.15, 0.2) is 0 Å². The van der Waals surface area contributed by atoms with Gasteiger partial charge in [0.2, 0.25) is 5.91 Å². The normalized spacial score (nSPS) is 20.8. The number of halogens is 5. The molecule has 0 saturated heterocycles. The van der Waals surface area contributed by atoms with E-state index < -0.39 is 41.5 Å². The van der Waals surface area contributed by atoms with E-state index in [2.05, 4.69) is 10.3 Å². The second-order valence-electron chi connectivity index (χ2n) is 6.78. The summed E-state index contributed by atoms with van der Waals surface area (Å²) in [5.74, 6) is -1.98. The van der Waals surface area contributed by atoms with E-state index in [-0.39, 0.29) is 17.7 Å². The zero-order chi connectivity index (χ0) is 20.5. The smallest absolute Gasteiger partial charge is 0.393 e. The highest BCUT2D eigenvalue weighted by atomic mass is 35.5. The first-order chi connectivity index (χ1) is 13.1. The molecule has 28 heavy (non-hydrogen) atoms. The molecule has 150 valence electrons. The second-order valence-corrected chi connectivity index (χ2v) is 7.21. The van der Waals surface area contributed by atoms with Crippen LogP contribution in [0.5, 0.6) is 0 Å². The van der Waals surface area contributed by atoms with Crippen LogP contribution in [-0.2, 0) is 11.0 Å². The summed E-state index contributed by atoms with van der Waals surface area (Å²) in [4.78, 5) is 16.7. The van der Waals surface area contributed by atoms with Crippen molar-refractivity contribution in [3.05, 3.63) is 64.2 Å². The summed E-state index contributed by atoms with van der Waals surface area (Å²) in [6, 6.07) is 3.94. The van der Waals surface area contributed by atoms with Crippen molar-refractivity contribution in [3.63, 3.8) is 0 Å². The standard InChI is InChI=1S/C19H17ClF4N2O2/c20-13-2-4-16(25-9-13)17(26-18(28)10-1-3-15(27)7-10)11-5-12(19(22,23)24)8-14(21)6-11/h2,4-6,8-10,15,17,27H,1,3,7H2,(H,26,28)/t10?,15?,17-/m0/s1. The highest BCUT2D eigenvalue weighted by Crippen LogP contribution is 2.34. The molecule has 1 heterocycles.